The maximum absolute atomic E-state index is 5.38. The van der Waals surface area contributed by atoms with Crippen LogP contribution in [0.15, 0.2) is 218 Å². The first-order valence-electron chi connectivity index (χ1n) is 21.1. The number of aromatic nitrogens is 2. The van der Waals surface area contributed by atoms with E-state index in [1.807, 2.05) is 0 Å². The van der Waals surface area contributed by atoms with E-state index in [0.29, 0.717) is 5.82 Å². The number of benzene rings is 9. The third kappa shape index (κ3) is 6.45. The zero-order chi connectivity index (χ0) is 40.9. The van der Waals surface area contributed by atoms with Crippen molar-refractivity contribution in [1.29, 1.82) is 0 Å². The zero-order valence-corrected chi connectivity index (χ0v) is 34.2. The lowest BCUT2D eigenvalue weighted by Gasteiger charge is -2.22. The van der Waals surface area contributed by atoms with Gasteiger partial charge in [0, 0.05) is 22.1 Å². The second kappa shape index (κ2) is 14.9. The minimum atomic E-state index is -0.138. The van der Waals surface area contributed by atoms with Gasteiger partial charge in [-0.25, -0.2) is 9.97 Å². The standard InChI is InChI=1S/C59H42N2/c1-59(2)53-27-15-26-50(57(53)52-36-45-20-9-10-21-46(45)37-54(52)59)48-23-12-11-22-47(48)49-24-13-14-25-51(49)58-60-55(43-32-28-41(29-33-43)39-16-5-3-6-17-39)38-56(61-58)44-34-30-42(31-35-44)40-18-7-4-8-19-40/h3-38H,1-2H3. The van der Waals surface area contributed by atoms with Gasteiger partial charge in [-0.3, -0.25) is 0 Å². The molecule has 0 fully saturated rings. The van der Waals surface area contributed by atoms with E-state index in [2.05, 4.69) is 232 Å². The minimum Gasteiger partial charge on any atom is -0.228 e. The fraction of sp³-hybridized carbons (Fsp3) is 0.0508. The van der Waals surface area contributed by atoms with E-state index < -0.39 is 0 Å². The highest BCUT2D eigenvalue weighted by molar-refractivity contribution is 6.02. The third-order valence-corrected chi connectivity index (χ3v) is 12.5. The van der Waals surface area contributed by atoms with E-state index in [1.165, 1.54) is 66.4 Å². The van der Waals surface area contributed by atoms with Gasteiger partial charge in [-0.15, -0.1) is 0 Å². The molecule has 0 atom stereocenters. The van der Waals surface area contributed by atoms with Crippen molar-refractivity contribution in [2.75, 3.05) is 0 Å². The van der Waals surface area contributed by atoms with Gasteiger partial charge in [0.1, 0.15) is 0 Å². The predicted octanol–water partition coefficient (Wildman–Crippen LogP) is 15.6. The van der Waals surface area contributed by atoms with Crippen molar-refractivity contribution in [3.05, 3.63) is 230 Å². The van der Waals surface area contributed by atoms with E-state index in [1.54, 1.807) is 0 Å². The number of hydrogen-bond acceptors (Lipinski definition) is 2. The molecule has 1 aliphatic rings. The van der Waals surface area contributed by atoms with Crippen LogP contribution in [0.1, 0.15) is 25.0 Å². The van der Waals surface area contributed by atoms with Crippen LogP contribution in [0.3, 0.4) is 0 Å². The van der Waals surface area contributed by atoms with Crippen molar-refractivity contribution in [2.24, 2.45) is 0 Å². The molecule has 1 heterocycles. The van der Waals surface area contributed by atoms with E-state index in [-0.39, 0.29) is 5.41 Å². The van der Waals surface area contributed by atoms with Crippen molar-refractivity contribution in [3.8, 4) is 89.5 Å². The lowest BCUT2D eigenvalue weighted by Crippen LogP contribution is -2.14. The quantitative estimate of drug-likeness (QED) is 0.161. The summed E-state index contributed by atoms with van der Waals surface area (Å²) < 4.78 is 0. The highest BCUT2D eigenvalue weighted by Crippen LogP contribution is 2.54. The summed E-state index contributed by atoms with van der Waals surface area (Å²) in [6, 6.07) is 78.5. The van der Waals surface area contributed by atoms with Gasteiger partial charge in [0.2, 0.25) is 0 Å². The summed E-state index contributed by atoms with van der Waals surface area (Å²) in [6.45, 7) is 4.73. The van der Waals surface area contributed by atoms with Gasteiger partial charge in [-0.2, -0.15) is 0 Å². The fourth-order valence-corrected chi connectivity index (χ4v) is 9.35. The second-order valence-corrected chi connectivity index (χ2v) is 16.5. The summed E-state index contributed by atoms with van der Waals surface area (Å²) in [5, 5.41) is 2.54. The lowest BCUT2D eigenvalue weighted by molar-refractivity contribution is 0.661. The first-order valence-corrected chi connectivity index (χ1v) is 21.1. The number of rotatable bonds is 7. The van der Waals surface area contributed by atoms with Gasteiger partial charge in [0.25, 0.3) is 0 Å². The number of nitrogens with zero attached hydrogens (tertiary/aromatic N) is 2. The second-order valence-electron chi connectivity index (χ2n) is 16.5. The molecule has 0 amide bonds. The number of hydrogen-bond donors (Lipinski definition) is 0. The van der Waals surface area contributed by atoms with E-state index in [9.17, 15) is 0 Å². The van der Waals surface area contributed by atoms with Gasteiger partial charge in [-0.1, -0.05) is 214 Å². The van der Waals surface area contributed by atoms with Crippen LogP contribution < -0.4 is 0 Å². The van der Waals surface area contributed by atoms with Gasteiger partial charge in [0.05, 0.1) is 11.4 Å². The molecule has 9 aromatic carbocycles. The molecule has 0 aliphatic heterocycles. The van der Waals surface area contributed by atoms with Crippen LogP contribution in [0, 0.1) is 0 Å². The molecule has 11 rings (SSSR count). The first-order chi connectivity index (χ1) is 30.0. The van der Waals surface area contributed by atoms with Gasteiger partial charge in [0.15, 0.2) is 5.82 Å². The van der Waals surface area contributed by atoms with E-state index >= 15 is 0 Å². The molecule has 0 unspecified atom stereocenters. The Bertz CT molecular complexity index is 3130. The molecule has 1 aromatic heterocycles. The summed E-state index contributed by atoms with van der Waals surface area (Å²) in [7, 11) is 0. The average molecular weight is 779 g/mol. The lowest BCUT2D eigenvalue weighted by atomic mass is 9.81. The van der Waals surface area contributed by atoms with Crippen molar-refractivity contribution in [3.63, 3.8) is 0 Å². The van der Waals surface area contributed by atoms with Crippen LogP contribution in [0.2, 0.25) is 0 Å². The number of fused-ring (bicyclic) bond motifs is 4. The van der Waals surface area contributed by atoms with Gasteiger partial charge in [-0.05, 0) is 95.7 Å². The Hall–Kier alpha value is -7.68. The summed E-state index contributed by atoms with van der Waals surface area (Å²) in [4.78, 5) is 10.8. The Balaban J connectivity index is 1.07. The smallest absolute Gasteiger partial charge is 0.161 e. The summed E-state index contributed by atoms with van der Waals surface area (Å²) in [5.74, 6) is 0.688. The summed E-state index contributed by atoms with van der Waals surface area (Å²) in [5.41, 5.74) is 19.4. The van der Waals surface area contributed by atoms with Crippen molar-refractivity contribution < 1.29 is 0 Å². The minimum absolute atomic E-state index is 0.138. The van der Waals surface area contributed by atoms with Crippen molar-refractivity contribution in [1.82, 2.24) is 9.97 Å². The van der Waals surface area contributed by atoms with Crippen LogP contribution >= 0.6 is 0 Å². The van der Waals surface area contributed by atoms with Crippen LogP contribution in [0.5, 0.6) is 0 Å². The molecule has 0 bridgehead atoms. The normalized spacial score (nSPS) is 12.6. The Labute approximate surface area is 357 Å². The maximum Gasteiger partial charge on any atom is 0.161 e. The molecule has 288 valence electrons. The average Bonchev–Trinajstić information content (AvgIpc) is 3.56. The van der Waals surface area contributed by atoms with Crippen LogP contribution in [0.25, 0.3) is 100 Å². The van der Waals surface area contributed by atoms with Crippen molar-refractivity contribution >= 4 is 10.8 Å². The monoisotopic (exact) mass is 778 g/mol. The van der Waals surface area contributed by atoms with E-state index in [0.717, 1.165) is 39.2 Å². The SMILES string of the molecule is CC1(C)c2cc3ccccc3cc2-c2c(-c3ccccc3-c3ccccc3-c3nc(-c4ccc(-c5ccccc5)cc4)cc(-c4ccc(-c5ccccc5)cc4)n3)cccc21. The Morgan fingerprint density at radius 1 is 0.295 bits per heavy atom. The molecule has 61 heavy (non-hydrogen) atoms. The Kier molecular flexibility index (Phi) is 8.86. The van der Waals surface area contributed by atoms with Crippen LogP contribution in [-0.4, -0.2) is 9.97 Å². The summed E-state index contributed by atoms with van der Waals surface area (Å²) in [6.07, 6.45) is 0. The van der Waals surface area contributed by atoms with Crippen LogP contribution in [0.4, 0.5) is 0 Å². The zero-order valence-electron chi connectivity index (χ0n) is 34.2. The topological polar surface area (TPSA) is 25.8 Å². The first kappa shape index (κ1) is 36.4. The van der Waals surface area contributed by atoms with Crippen LogP contribution in [-0.2, 0) is 5.41 Å². The van der Waals surface area contributed by atoms with E-state index in [4.69, 9.17) is 9.97 Å². The largest absolute Gasteiger partial charge is 0.228 e. The molecule has 10 aromatic rings. The predicted molar refractivity (Wildman–Crippen MR) is 255 cm³/mol. The molecular weight excluding hydrogens is 737 g/mol. The van der Waals surface area contributed by atoms with Gasteiger partial charge >= 0.3 is 0 Å². The summed E-state index contributed by atoms with van der Waals surface area (Å²) >= 11 is 0. The molecule has 0 saturated heterocycles. The van der Waals surface area contributed by atoms with Crippen molar-refractivity contribution in [2.45, 2.75) is 19.3 Å². The molecule has 0 radical (unpaired) electrons. The molecule has 0 N–H and O–H groups in total. The molecular formula is C59H42N2. The molecule has 2 heteroatoms. The Morgan fingerprint density at radius 2 is 0.705 bits per heavy atom. The highest BCUT2D eigenvalue weighted by atomic mass is 14.9. The fourth-order valence-electron chi connectivity index (χ4n) is 9.35. The molecule has 0 spiro atoms. The Morgan fingerprint density at radius 3 is 1.26 bits per heavy atom. The molecule has 1 aliphatic carbocycles. The highest BCUT2D eigenvalue weighted by Gasteiger charge is 2.37. The van der Waals surface area contributed by atoms with Gasteiger partial charge < -0.3 is 0 Å². The maximum atomic E-state index is 5.38. The molecule has 0 saturated carbocycles. The third-order valence-electron chi connectivity index (χ3n) is 12.5. The molecule has 2 nitrogen and oxygen atoms in total.